The van der Waals surface area contributed by atoms with Gasteiger partial charge < -0.3 is 4.74 Å². The van der Waals surface area contributed by atoms with Gasteiger partial charge in [-0.15, -0.1) is 0 Å². The molecule has 0 amide bonds. The molecule has 0 fully saturated rings. The van der Waals surface area contributed by atoms with Crippen molar-refractivity contribution in [3.63, 3.8) is 0 Å². The van der Waals surface area contributed by atoms with Crippen LogP contribution < -0.4 is 0 Å². The molecule has 0 radical (unpaired) electrons. The molecule has 0 N–H and O–H groups in total. The number of carbonyl (C=O) groups is 1. The molecule has 0 aromatic rings. The van der Waals surface area contributed by atoms with Gasteiger partial charge in [0.05, 0.1) is 6.61 Å². The largest absolute Gasteiger partial charge is 0.466 e. The highest BCUT2D eigenvalue weighted by molar-refractivity contribution is 5.65. The van der Waals surface area contributed by atoms with Gasteiger partial charge >= 0.3 is 5.97 Å². The standard InChI is InChI=1S/C13H26O2/c1-5-9-13(3,4)10-7-6-8-11-15-12(2)14/h5-11H2,1-4H3. The van der Waals surface area contributed by atoms with E-state index in [1.807, 2.05) is 0 Å². The van der Waals surface area contributed by atoms with E-state index in [0.717, 1.165) is 6.42 Å². The Morgan fingerprint density at radius 2 is 1.80 bits per heavy atom. The van der Waals surface area contributed by atoms with Crippen LogP contribution in [0.5, 0.6) is 0 Å². The van der Waals surface area contributed by atoms with E-state index < -0.39 is 0 Å². The van der Waals surface area contributed by atoms with Gasteiger partial charge in [0, 0.05) is 6.92 Å². The number of unbranched alkanes of at least 4 members (excludes halogenated alkanes) is 2. The van der Waals surface area contributed by atoms with Crippen molar-refractivity contribution in [1.82, 2.24) is 0 Å². The molecule has 2 heteroatoms. The Kier molecular flexibility index (Phi) is 7.45. The van der Waals surface area contributed by atoms with Gasteiger partial charge in [-0.05, 0) is 24.7 Å². The van der Waals surface area contributed by atoms with E-state index in [1.54, 1.807) is 0 Å². The van der Waals surface area contributed by atoms with Gasteiger partial charge in [0.1, 0.15) is 0 Å². The summed E-state index contributed by atoms with van der Waals surface area (Å²) in [5.74, 6) is -0.165. The van der Waals surface area contributed by atoms with Crippen LogP contribution in [0.25, 0.3) is 0 Å². The molecule has 0 spiro atoms. The number of rotatable bonds is 8. The highest BCUT2D eigenvalue weighted by atomic mass is 16.5. The van der Waals surface area contributed by atoms with Gasteiger partial charge in [0.2, 0.25) is 0 Å². The fraction of sp³-hybridized carbons (Fsp3) is 0.923. The monoisotopic (exact) mass is 214 g/mol. The average Bonchev–Trinajstić information content (AvgIpc) is 2.10. The first-order valence-corrected chi connectivity index (χ1v) is 6.11. The molecule has 0 rings (SSSR count). The summed E-state index contributed by atoms with van der Waals surface area (Å²) in [5, 5.41) is 0. The third-order valence-corrected chi connectivity index (χ3v) is 2.73. The van der Waals surface area contributed by atoms with Gasteiger partial charge in [-0.1, -0.05) is 40.0 Å². The van der Waals surface area contributed by atoms with Crippen LogP contribution in [-0.2, 0) is 9.53 Å². The van der Waals surface area contributed by atoms with Crippen LogP contribution in [0.3, 0.4) is 0 Å². The first-order valence-electron chi connectivity index (χ1n) is 6.11. The van der Waals surface area contributed by atoms with Crippen molar-refractivity contribution in [2.24, 2.45) is 5.41 Å². The molecule has 2 nitrogen and oxygen atoms in total. The van der Waals surface area contributed by atoms with E-state index in [4.69, 9.17) is 4.74 Å². The summed E-state index contributed by atoms with van der Waals surface area (Å²) < 4.78 is 4.88. The summed E-state index contributed by atoms with van der Waals surface area (Å²) in [5.41, 5.74) is 0.482. The normalized spacial score (nSPS) is 11.5. The lowest BCUT2D eigenvalue weighted by Gasteiger charge is -2.23. The number of esters is 1. The second-order valence-electron chi connectivity index (χ2n) is 5.06. The molecule has 0 bridgehead atoms. The fourth-order valence-electron chi connectivity index (χ4n) is 1.90. The summed E-state index contributed by atoms with van der Waals surface area (Å²) in [4.78, 5) is 10.5. The molecule has 0 aromatic heterocycles. The minimum absolute atomic E-state index is 0.165. The predicted octanol–water partition coefficient (Wildman–Crippen LogP) is 3.94. The van der Waals surface area contributed by atoms with Crippen LogP contribution in [0, 0.1) is 5.41 Å². The smallest absolute Gasteiger partial charge is 0.302 e. The molecule has 0 unspecified atom stereocenters. The van der Waals surface area contributed by atoms with Gasteiger partial charge in [-0.25, -0.2) is 0 Å². The molecule has 0 aliphatic heterocycles. The first kappa shape index (κ1) is 14.5. The zero-order valence-corrected chi connectivity index (χ0v) is 10.8. The summed E-state index contributed by atoms with van der Waals surface area (Å²) >= 11 is 0. The molecule has 0 aliphatic carbocycles. The van der Waals surface area contributed by atoms with E-state index in [2.05, 4.69) is 20.8 Å². The van der Waals surface area contributed by atoms with Crippen molar-refractivity contribution < 1.29 is 9.53 Å². The van der Waals surface area contributed by atoms with Crippen LogP contribution in [0.2, 0.25) is 0 Å². The average molecular weight is 214 g/mol. The van der Waals surface area contributed by atoms with Crippen LogP contribution in [0.4, 0.5) is 0 Å². The lowest BCUT2D eigenvalue weighted by molar-refractivity contribution is -0.141. The Morgan fingerprint density at radius 3 is 2.33 bits per heavy atom. The zero-order valence-electron chi connectivity index (χ0n) is 10.8. The third kappa shape index (κ3) is 9.77. The Bertz CT molecular complexity index is 173. The maximum absolute atomic E-state index is 10.5. The molecule has 0 atom stereocenters. The van der Waals surface area contributed by atoms with Crippen molar-refractivity contribution in [1.29, 1.82) is 0 Å². The zero-order chi connectivity index (χ0) is 11.7. The molecular formula is C13H26O2. The molecule has 0 aliphatic rings. The van der Waals surface area contributed by atoms with Crippen LogP contribution in [0.1, 0.15) is 66.2 Å². The van der Waals surface area contributed by atoms with E-state index in [-0.39, 0.29) is 5.97 Å². The fourth-order valence-corrected chi connectivity index (χ4v) is 1.90. The Balaban J connectivity index is 3.34. The van der Waals surface area contributed by atoms with Crippen molar-refractivity contribution >= 4 is 5.97 Å². The van der Waals surface area contributed by atoms with E-state index >= 15 is 0 Å². The number of carbonyl (C=O) groups excluding carboxylic acids is 1. The van der Waals surface area contributed by atoms with Gasteiger partial charge in [-0.2, -0.15) is 0 Å². The van der Waals surface area contributed by atoms with Gasteiger partial charge in [-0.3, -0.25) is 4.79 Å². The van der Waals surface area contributed by atoms with Gasteiger partial charge in [0.15, 0.2) is 0 Å². The number of ether oxygens (including phenoxy) is 1. The molecule has 0 saturated heterocycles. The summed E-state index contributed by atoms with van der Waals surface area (Å²) in [6, 6.07) is 0. The predicted molar refractivity (Wildman–Crippen MR) is 63.8 cm³/mol. The van der Waals surface area contributed by atoms with Crippen LogP contribution in [-0.4, -0.2) is 12.6 Å². The van der Waals surface area contributed by atoms with E-state index in [9.17, 15) is 4.79 Å². The maximum atomic E-state index is 10.5. The highest BCUT2D eigenvalue weighted by Gasteiger charge is 2.15. The molecule has 15 heavy (non-hydrogen) atoms. The highest BCUT2D eigenvalue weighted by Crippen LogP contribution is 2.28. The second kappa shape index (κ2) is 7.72. The third-order valence-electron chi connectivity index (χ3n) is 2.73. The van der Waals surface area contributed by atoms with Crippen LogP contribution in [0.15, 0.2) is 0 Å². The maximum Gasteiger partial charge on any atom is 0.302 e. The molecule has 0 aromatic carbocycles. The quantitative estimate of drug-likeness (QED) is 0.452. The van der Waals surface area contributed by atoms with Crippen LogP contribution >= 0.6 is 0 Å². The van der Waals surface area contributed by atoms with E-state index in [1.165, 1.54) is 39.0 Å². The summed E-state index contributed by atoms with van der Waals surface area (Å²) in [7, 11) is 0. The van der Waals surface area contributed by atoms with E-state index in [0.29, 0.717) is 12.0 Å². The van der Waals surface area contributed by atoms with Crippen molar-refractivity contribution in [2.45, 2.75) is 66.2 Å². The topological polar surface area (TPSA) is 26.3 Å². The summed E-state index contributed by atoms with van der Waals surface area (Å²) in [6.45, 7) is 8.96. The molecule has 0 saturated carbocycles. The van der Waals surface area contributed by atoms with Gasteiger partial charge in [0.25, 0.3) is 0 Å². The number of hydrogen-bond donors (Lipinski definition) is 0. The lowest BCUT2D eigenvalue weighted by Crippen LogP contribution is -2.10. The SMILES string of the molecule is CCCC(C)(C)CCCCCOC(C)=O. The molecule has 0 heterocycles. The first-order chi connectivity index (χ1) is 6.98. The molecule has 90 valence electrons. The minimum atomic E-state index is -0.165. The van der Waals surface area contributed by atoms with Crippen molar-refractivity contribution in [3.05, 3.63) is 0 Å². The minimum Gasteiger partial charge on any atom is -0.466 e. The Morgan fingerprint density at radius 1 is 1.13 bits per heavy atom. The number of hydrogen-bond acceptors (Lipinski definition) is 2. The molecular weight excluding hydrogens is 188 g/mol. The van der Waals surface area contributed by atoms with Crippen molar-refractivity contribution in [2.75, 3.05) is 6.61 Å². The Labute approximate surface area is 94.4 Å². The Hall–Kier alpha value is -0.530. The second-order valence-corrected chi connectivity index (χ2v) is 5.06. The summed E-state index contributed by atoms with van der Waals surface area (Å²) in [6.07, 6.45) is 7.26. The lowest BCUT2D eigenvalue weighted by atomic mass is 9.83. The van der Waals surface area contributed by atoms with Crippen molar-refractivity contribution in [3.8, 4) is 0 Å².